The maximum absolute atomic E-state index is 12.7. The molecule has 5 nitrogen and oxygen atoms in total. The predicted octanol–water partition coefficient (Wildman–Crippen LogP) is 4.31. The van der Waals surface area contributed by atoms with Crippen molar-refractivity contribution in [3.05, 3.63) is 76.1 Å². The van der Waals surface area contributed by atoms with Gasteiger partial charge in [-0.25, -0.2) is 8.42 Å². The van der Waals surface area contributed by atoms with E-state index in [1.165, 1.54) is 0 Å². The number of halogens is 1. The Morgan fingerprint density at radius 1 is 1.00 bits per heavy atom. The molecule has 136 valence electrons. The minimum Gasteiger partial charge on any atom is -0.276 e. The first-order valence-corrected chi connectivity index (χ1v) is 10.0. The summed E-state index contributed by atoms with van der Waals surface area (Å²) in [6, 6.07) is 14.2. The van der Waals surface area contributed by atoms with Crippen LogP contribution in [-0.2, 0) is 16.6 Å². The molecule has 0 spiro atoms. The van der Waals surface area contributed by atoms with Crippen LogP contribution < -0.4 is 4.72 Å². The summed E-state index contributed by atoms with van der Waals surface area (Å²) in [5.74, 6) is 0. The van der Waals surface area contributed by atoms with Crippen LogP contribution in [0.2, 0.25) is 5.02 Å². The molecule has 0 aliphatic heterocycles. The second kappa shape index (κ2) is 7.13. The SMILES string of the molecule is Cc1ccc(S(=O)(=O)Nc2c(C)nn(Cc3ccc(Cl)cc3)c2C)cc1. The summed E-state index contributed by atoms with van der Waals surface area (Å²) in [4.78, 5) is 0.229. The van der Waals surface area contributed by atoms with E-state index >= 15 is 0 Å². The third-order valence-corrected chi connectivity index (χ3v) is 5.81. The average molecular weight is 390 g/mol. The highest BCUT2D eigenvalue weighted by molar-refractivity contribution is 7.92. The van der Waals surface area contributed by atoms with E-state index in [0.29, 0.717) is 22.9 Å². The minimum atomic E-state index is -3.66. The third-order valence-electron chi connectivity index (χ3n) is 4.19. The van der Waals surface area contributed by atoms with Crippen LogP contribution in [0.25, 0.3) is 0 Å². The van der Waals surface area contributed by atoms with Crippen LogP contribution in [-0.4, -0.2) is 18.2 Å². The molecule has 0 amide bonds. The Labute approximate surface area is 158 Å². The van der Waals surface area contributed by atoms with Crippen LogP contribution in [0, 0.1) is 20.8 Å². The Morgan fingerprint density at radius 2 is 1.62 bits per heavy atom. The van der Waals surface area contributed by atoms with E-state index < -0.39 is 10.0 Å². The molecule has 0 saturated heterocycles. The monoisotopic (exact) mass is 389 g/mol. The normalized spacial score (nSPS) is 11.5. The van der Waals surface area contributed by atoms with Gasteiger partial charge in [-0.1, -0.05) is 41.4 Å². The lowest BCUT2D eigenvalue weighted by Crippen LogP contribution is -2.14. The quantitative estimate of drug-likeness (QED) is 0.707. The molecule has 0 aliphatic rings. The summed E-state index contributed by atoms with van der Waals surface area (Å²) in [6.45, 7) is 6.09. The van der Waals surface area contributed by atoms with Gasteiger partial charge in [-0.3, -0.25) is 9.40 Å². The molecule has 0 saturated carbocycles. The predicted molar refractivity (Wildman–Crippen MR) is 104 cm³/mol. The van der Waals surface area contributed by atoms with Gasteiger partial charge in [-0.15, -0.1) is 0 Å². The van der Waals surface area contributed by atoms with Crippen molar-refractivity contribution in [1.29, 1.82) is 0 Å². The highest BCUT2D eigenvalue weighted by Gasteiger charge is 2.20. The standard InChI is InChI=1S/C19H20ClN3O2S/c1-13-4-10-18(11-5-13)26(24,25)22-19-14(2)21-23(15(19)3)12-16-6-8-17(20)9-7-16/h4-11,22H,12H2,1-3H3. The first-order chi connectivity index (χ1) is 12.3. The maximum atomic E-state index is 12.7. The molecule has 2 aromatic carbocycles. The van der Waals surface area contributed by atoms with E-state index in [9.17, 15) is 8.42 Å². The van der Waals surface area contributed by atoms with Gasteiger partial charge in [0.1, 0.15) is 0 Å². The summed E-state index contributed by atoms with van der Waals surface area (Å²) in [6.07, 6.45) is 0. The van der Waals surface area contributed by atoms with Gasteiger partial charge in [0.05, 0.1) is 28.5 Å². The Hall–Kier alpha value is -2.31. The smallest absolute Gasteiger partial charge is 0.262 e. The number of nitrogens with one attached hydrogen (secondary N) is 1. The van der Waals surface area contributed by atoms with Gasteiger partial charge < -0.3 is 0 Å². The zero-order valence-corrected chi connectivity index (χ0v) is 16.4. The Kier molecular flexibility index (Phi) is 5.07. The van der Waals surface area contributed by atoms with Crippen molar-refractivity contribution in [2.45, 2.75) is 32.2 Å². The second-order valence-electron chi connectivity index (χ2n) is 6.25. The number of benzene rings is 2. The summed E-state index contributed by atoms with van der Waals surface area (Å²) in [5.41, 5.74) is 3.94. The Balaban J connectivity index is 1.88. The van der Waals surface area contributed by atoms with Crippen LogP contribution in [0.4, 0.5) is 5.69 Å². The fourth-order valence-corrected chi connectivity index (χ4v) is 3.97. The molecular formula is C19H20ClN3O2S. The molecule has 0 aliphatic carbocycles. The van der Waals surface area contributed by atoms with Crippen molar-refractivity contribution in [2.75, 3.05) is 4.72 Å². The van der Waals surface area contributed by atoms with E-state index in [1.807, 2.05) is 38.1 Å². The van der Waals surface area contributed by atoms with Crippen molar-refractivity contribution in [3.8, 4) is 0 Å². The van der Waals surface area contributed by atoms with Crippen LogP contribution in [0.5, 0.6) is 0 Å². The van der Waals surface area contributed by atoms with Crippen LogP contribution in [0.3, 0.4) is 0 Å². The largest absolute Gasteiger partial charge is 0.276 e. The lowest BCUT2D eigenvalue weighted by Gasteiger charge is -2.09. The number of anilines is 1. The fourth-order valence-electron chi connectivity index (χ4n) is 2.67. The average Bonchev–Trinajstić information content (AvgIpc) is 2.84. The number of aromatic nitrogens is 2. The maximum Gasteiger partial charge on any atom is 0.262 e. The number of aryl methyl sites for hydroxylation is 2. The number of nitrogens with zero attached hydrogens (tertiary/aromatic N) is 2. The topological polar surface area (TPSA) is 64.0 Å². The molecule has 0 fully saturated rings. The first kappa shape index (κ1) is 18.5. The molecule has 3 aromatic rings. The zero-order chi connectivity index (χ0) is 18.9. The summed E-state index contributed by atoms with van der Waals surface area (Å²) in [7, 11) is -3.66. The first-order valence-electron chi connectivity index (χ1n) is 8.14. The van der Waals surface area contributed by atoms with Gasteiger partial charge in [0.2, 0.25) is 0 Å². The fraction of sp³-hybridized carbons (Fsp3) is 0.211. The second-order valence-corrected chi connectivity index (χ2v) is 8.37. The number of hydrogen-bond acceptors (Lipinski definition) is 3. The van der Waals surface area contributed by atoms with Crippen molar-refractivity contribution in [3.63, 3.8) is 0 Å². The van der Waals surface area contributed by atoms with Gasteiger partial charge in [0, 0.05) is 5.02 Å². The highest BCUT2D eigenvalue weighted by atomic mass is 35.5. The van der Waals surface area contributed by atoms with Crippen LogP contribution in [0.15, 0.2) is 53.4 Å². The summed E-state index contributed by atoms with van der Waals surface area (Å²) >= 11 is 5.92. The van der Waals surface area contributed by atoms with E-state index in [-0.39, 0.29) is 4.90 Å². The number of sulfonamides is 1. The Morgan fingerprint density at radius 3 is 2.23 bits per heavy atom. The molecule has 26 heavy (non-hydrogen) atoms. The van der Waals surface area contributed by atoms with Gasteiger partial charge >= 0.3 is 0 Å². The van der Waals surface area contributed by atoms with Crippen LogP contribution >= 0.6 is 11.6 Å². The van der Waals surface area contributed by atoms with Crippen molar-refractivity contribution < 1.29 is 8.42 Å². The van der Waals surface area contributed by atoms with E-state index in [1.54, 1.807) is 35.9 Å². The van der Waals surface area contributed by atoms with E-state index in [2.05, 4.69) is 9.82 Å². The van der Waals surface area contributed by atoms with Crippen molar-refractivity contribution in [2.24, 2.45) is 0 Å². The van der Waals surface area contributed by atoms with Crippen LogP contribution in [0.1, 0.15) is 22.5 Å². The molecule has 0 unspecified atom stereocenters. The van der Waals surface area contributed by atoms with Gasteiger partial charge in [-0.05, 0) is 50.6 Å². The Bertz CT molecular complexity index is 1020. The molecule has 0 radical (unpaired) electrons. The number of hydrogen-bond donors (Lipinski definition) is 1. The summed E-state index contributed by atoms with van der Waals surface area (Å²) < 4.78 is 29.8. The molecule has 3 rings (SSSR count). The number of rotatable bonds is 5. The molecule has 1 aromatic heterocycles. The molecule has 0 atom stereocenters. The lowest BCUT2D eigenvalue weighted by atomic mass is 10.2. The van der Waals surface area contributed by atoms with Gasteiger partial charge in [0.15, 0.2) is 0 Å². The zero-order valence-electron chi connectivity index (χ0n) is 14.8. The van der Waals surface area contributed by atoms with Gasteiger partial charge in [-0.2, -0.15) is 5.10 Å². The molecular weight excluding hydrogens is 370 g/mol. The van der Waals surface area contributed by atoms with Crippen molar-refractivity contribution in [1.82, 2.24) is 9.78 Å². The minimum absolute atomic E-state index is 0.229. The van der Waals surface area contributed by atoms with Crippen molar-refractivity contribution >= 4 is 27.3 Å². The molecule has 0 bridgehead atoms. The summed E-state index contributed by atoms with van der Waals surface area (Å²) in [5, 5.41) is 5.15. The van der Waals surface area contributed by atoms with E-state index in [0.717, 1.165) is 16.8 Å². The molecule has 7 heteroatoms. The molecule has 1 heterocycles. The third kappa shape index (κ3) is 3.92. The van der Waals surface area contributed by atoms with E-state index in [4.69, 9.17) is 11.6 Å². The molecule has 1 N–H and O–H groups in total. The highest BCUT2D eigenvalue weighted by Crippen LogP contribution is 2.24. The lowest BCUT2D eigenvalue weighted by molar-refractivity contribution is 0.601. The van der Waals surface area contributed by atoms with Gasteiger partial charge in [0.25, 0.3) is 10.0 Å².